The van der Waals surface area contributed by atoms with Crippen molar-refractivity contribution in [2.45, 2.75) is 69.8 Å². The Balaban J connectivity index is 0.969. The molecule has 1 saturated carbocycles. The number of amides is 1. The molecule has 5 aromatic rings. The number of rotatable bonds is 12. The number of aliphatic hydroxyl groups is 1. The Kier molecular flexibility index (Phi) is 12.5. The molecule has 4 heterocycles. The van der Waals surface area contributed by atoms with Crippen LogP contribution in [-0.2, 0) is 10.0 Å². The molecular weight excluding hydrogens is 868 g/mol. The van der Waals surface area contributed by atoms with Crippen molar-refractivity contribution in [3.63, 3.8) is 0 Å². The normalized spacial score (nSPS) is 20.3. The molecule has 342 valence electrons. The molecule has 0 bridgehead atoms. The predicted molar refractivity (Wildman–Crippen MR) is 254 cm³/mol. The van der Waals surface area contributed by atoms with Gasteiger partial charge in [0.1, 0.15) is 23.6 Å². The number of benzene rings is 3. The van der Waals surface area contributed by atoms with Crippen LogP contribution in [0.15, 0.2) is 89.5 Å². The number of halogens is 1. The van der Waals surface area contributed by atoms with Crippen molar-refractivity contribution >= 4 is 72.6 Å². The second-order valence-electron chi connectivity index (χ2n) is 18.5. The molecule has 0 spiro atoms. The first-order chi connectivity index (χ1) is 31.2. The van der Waals surface area contributed by atoms with E-state index in [4.69, 9.17) is 21.3 Å². The van der Waals surface area contributed by atoms with Crippen molar-refractivity contribution in [1.82, 2.24) is 19.6 Å². The number of allylic oxidation sites excluding steroid dienone is 1. The number of fused-ring (bicyclic) bond motifs is 2. The Hall–Kier alpha value is -5.68. The van der Waals surface area contributed by atoms with Gasteiger partial charge < -0.3 is 29.9 Å². The third kappa shape index (κ3) is 9.81. The number of pyridine rings is 1. The van der Waals surface area contributed by atoms with E-state index < -0.39 is 31.4 Å². The van der Waals surface area contributed by atoms with Gasteiger partial charge in [-0.05, 0) is 122 Å². The van der Waals surface area contributed by atoms with Crippen molar-refractivity contribution < 1.29 is 28.0 Å². The maximum atomic E-state index is 14.3. The first-order valence-electron chi connectivity index (χ1n) is 22.4. The molecule has 4 N–H and O–H groups in total. The molecule has 0 radical (unpaired) electrons. The predicted octanol–water partition coefficient (Wildman–Crippen LogP) is 8.52. The van der Waals surface area contributed by atoms with Crippen LogP contribution in [0.5, 0.6) is 5.88 Å². The number of aliphatic hydroxyl groups excluding tert-OH is 1. The lowest BCUT2D eigenvalue weighted by molar-refractivity contribution is -0.384. The summed E-state index contributed by atoms with van der Waals surface area (Å²) in [4.78, 5) is 40.0. The maximum absolute atomic E-state index is 14.3. The van der Waals surface area contributed by atoms with Gasteiger partial charge in [0.25, 0.3) is 21.6 Å². The second-order valence-corrected chi connectivity index (χ2v) is 20.7. The van der Waals surface area contributed by atoms with Crippen molar-refractivity contribution in [2.24, 2.45) is 11.3 Å². The topological polar surface area (TPSA) is 186 Å². The molecule has 2 aromatic heterocycles. The number of hydrogen-bond donors (Lipinski definition) is 4. The lowest BCUT2D eigenvalue weighted by Crippen LogP contribution is -2.47. The molecule has 2 fully saturated rings. The van der Waals surface area contributed by atoms with Gasteiger partial charge in [-0.25, -0.2) is 13.1 Å². The fraction of sp³-hybridized carbons (Fsp3) is 0.417. The van der Waals surface area contributed by atoms with Crippen LogP contribution in [0.4, 0.5) is 28.4 Å². The van der Waals surface area contributed by atoms with Gasteiger partial charge in [0, 0.05) is 67.6 Å². The minimum absolute atomic E-state index is 0.102. The van der Waals surface area contributed by atoms with Crippen LogP contribution in [0.25, 0.3) is 16.6 Å². The van der Waals surface area contributed by atoms with E-state index in [0.717, 1.165) is 87.0 Å². The Morgan fingerprint density at radius 2 is 1.75 bits per heavy atom. The largest absolute Gasteiger partial charge is 0.474 e. The van der Waals surface area contributed by atoms with Gasteiger partial charge in [-0.1, -0.05) is 43.2 Å². The van der Waals surface area contributed by atoms with Crippen LogP contribution in [0.3, 0.4) is 0 Å². The molecule has 3 aromatic carbocycles. The molecular formula is C48H55ClN8O7S. The molecule has 0 unspecified atom stereocenters. The number of piperazine rings is 1. The van der Waals surface area contributed by atoms with Crippen molar-refractivity contribution in [2.75, 3.05) is 67.5 Å². The minimum atomic E-state index is -4.58. The van der Waals surface area contributed by atoms with Gasteiger partial charge in [0.05, 0.1) is 33.7 Å². The summed E-state index contributed by atoms with van der Waals surface area (Å²) >= 11 is 6.26. The number of nitro benzene ring substituents is 1. The zero-order valence-corrected chi connectivity index (χ0v) is 38.3. The van der Waals surface area contributed by atoms with Crippen LogP contribution in [0.2, 0.25) is 5.02 Å². The van der Waals surface area contributed by atoms with Gasteiger partial charge >= 0.3 is 0 Å². The lowest BCUT2D eigenvalue weighted by Gasteiger charge is -2.39. The molecule has 65 heavy (non-hydrogen) atoms. The maximum Gasteiger partial charge on any atom is 0.293 e. The molecule has 2 aliphatic carbocycles. The van der Waals surface area contributed by atoms with E-state index in [1.165, 1.54) is 28.8 Å². The lowest BCUT2D eigenvalue weighted by atomic mass is 9.72. The SMILES string of the molecule is CC1(C)CCC(CN2CCN(c3ccc(C(=O)NS(=O)(=O)c4ccc(NCC5CCC(O)CC5)c([N+](=O)[O-])c4)c(N4CCOc5nc6[nH]ccc6cc54)c3)CC2)=C(c2ccc(Cl)cc2)C1. The quantitative estimate of drug-likeness (QED) is 0.0692. The van der Waals surface area contributed by atoms with E-state index in [0.29, 0.717) is 48.8 Å². The Morgan fingerprint density at radius 1 is 0.985 bits per heavy atom. The molecule has 15 nitrogen and oxygen atoms in total. The molecule has 1 amide bonds. The number of ether oxygens (including phenoxy) is 1. The first kappa shape index (κ1) is 44.5. The molecule has 2 aliphatic heterocycles. The fourth-order valence-corrected chi connectivity index (χ4v) is 10.8. The number of carbonyl (C=O) groups is 1. The van der Waals surface area contributed by atoms with Crippen molar-refractivity contribution in [1.29, 1.82) is 0 Å². The summed E-state index contributed by atoms with van der Waals surface area (Å²) in [5.74, 6) is -0.282. The molecule has 17 heteroatoms. The second kappa shape index (κ2) is 18.3. The summed E-state index contributed by atoms with van der Waals surface area (Å²) < 4.78 is 36.0. The van der Waals surface area contributed by atoms with Crippen LogP contribution < -0.4 is 24.6 Å². The number of H-pyrrole nitrogens is 1. The Labute approximate surface area is 384 Å². The van der Waals surface area contributed by atoms with E-state index in [-0.39, 0.29) is 35.3 Å². The smallest absolute Gasteiger partial charge is 0.293 e. The zero-order chi connectivity index (χ0) is 45.5. The third-order valence-electron chi connectivity index (χ3n) is 13.5. The van der Waals surface area contributed by atoms with Crippen molar-refractivity contribution in [3.8, 4) is 5.88 Å². The summed E-state index contributed by atoms with van der Waals surface area (Å²) in [6.45, 7) is 9.79. The van der Waals surface area contributed by atoms with E-state index >= 15 is 0 Å². The number of nitro groups is 1. The Bertz CT molecular complexity index is 2740. The highest BCUT2D eigenvalue weighted by molar-refractivity contribution is 7.90. The number of nitrogens with zero attached hydrogens (tertiary/aromatic N) is 5. The molecule has 4 aliphatic rings. The van der Waals surface area contributed by atoms with Crippen LogP contribution in [-0.4, -0.2) is 97.7 Å². The van der Waals surface area contributed by atoms with Gasteiger partial charge in [0.2, 0.25) is 5.88 Å². The highest BCUT2D eigenvalue weighted by Gasteiger charge is 2.32. The number of anilines is 4. The summed E-state index contributed by atoms with van der Waals surface area (Å²) in [5, 5.41) is 26.8. The van der Waals surface area contributed by atoms with E-state index in [9.17, 15) is 28.4 Å². The van der Waals surface area contributed by atoms with E-state index in [1.54, 1.807) is 12.3 Å². The summed E-state index contributed by atoms with van der Waals surface area (Å²) in [6.07, 6.45) is 7.57. The van der Waals surface area contributed by atoms with E-state index in [1.807, 2.05) is 41.3 Å². The number of aromatic nitrogens is 2. The number of aromatic amines is 1. The first-order valence-corrected chi connectivity index (χ1v) is 24.3. The van der Waals surface area contributed by atoms with Crippen LogP contribution in [0.1, 0.15) is 74.7 Å². The van der Waals surface area contributed by atoms with Crippen LogP contribution >= 0.6 is 11.6 Å². The number of carbonyl (C=O) groups excluding carboxylic acids is 1. The minimum Gasteiger partial charge on any atom is -0.474 e. The number of sulfonamides is 1. The fourth-order valence-electron chi connectivity index (χ4n) is 9.71. The van der Waals surface area contributed by atoms with Gasteiger partial charge in [-0.2, -0.15) is 4.98 Å². The molecule has 1 saturated heterocycles. The average molecular weight is 924 g/mol. The van der Waals surface area contributed by atoms with E-state index in [2.05, 4.69) is 50.8 Å². The van der Waals surface area contributed by atoms with Gasteiger partial charge in [0.15, 0.2) is 0 Å². The summed E-state index contributed by atoms with van der Waals surface area (Å²) in [6, 6.07) is 21.0. The summed E-state index contributed by atoms with van der Waals surface area (Å²) in [7, 11) is -4.58. The standard InChI is InChI=1S/C48H55ClN8O7S/c1-48(2)17-15-34(40(28-48)32-5-7-35(49)8-6-32)30-54-19-21-55(22-20-54)36-9-13-39(42(26-36)56-23-24-64-47-44(56)25-33-16-18-50-45(33)52-47)46(59)53-65(62,63)38-12-14-41(43(27-38)57(60)61)51-29-31-3-10-37(58)11-4-31/h5-9,12-14,16,18,25-27,31,37,51,58H,3-4,10-11,15,17,19-24,28-30H2,1-2H3,(H,50,52)(H,53,59). The number of nitrogens with one attached hydrogen (secondary N) is 3. The van der Waals surface area contributed by atoms with Crippen molar-refractivity contribution in [3.05, 3.63) is 111 Å². The molecule has 9 rings (SSSR count). The monoisotopic (exact) mass is 922 g/mol. The van der Waals surface area contributed by atoms with Crippen LogP contribution in [0, 0.1) is 21.4 Å². The highest BCUT2D eigenvalue weighted by Crippen LogP contribution is 2.44. The molecule has 0 atom stereocenters. The number of hydrogen-bond acceptors (Lipinski definition) is 12. The summed E-state index contributed by atoms with van der Waals surface area (Å²) in [5.41, 5.74) is 6.84. The van der Waals surface area contributed by atoms with Gasteiger partial charge in [-0.3, -0.25) is 19.8 Å². The Morgan fingerprint density at radius 3 is 2.51 bits per heavy atom. The average Bonchev–Trinajstić information content (AvgIpc) is 3.76. The third-order valence-corrected chi connectivity index (χ3v) is 15.1. The van der Waals surface area contributed by atoms with Gasteiger partial charge in [-0.15, -0.1) is 0 Å². The highest BCUT2D eigenvalue weighted by atomic mass is 35.5. The zero-order valence-electron chi connectivity index (χ0n) is 36.7.